The number of nitrogens with zero attached hydrogens (tertiary/aromatic N) is 1. The van der Waals surface area contributed by atoms with Gasteiger partial charge in [-0.1, -0.05) is 24.3 Å². The number of rotatable bonds is 7. The molecule has 0 aliphatic heterocycles. The standard InChI is InChI=1S/C20H21N3O4/c1-27-15-9-6-14(7-10-15)8-11-18(24)21-12-13-23-17-5-3-2-4-16(17)22-19(25)20(23)26/h2-7,9-10H,8,11-13H2,1H3,(H,21,24)(H,22,25). The van der Waals surface area contributed by atoms with Crippen molar-refractivity contribution in [3.63, 3.8) is 0 Å². The lowest BCUT2D eigenvalue weighted by Gasteiger charge is -2.10. The van der Waals surface area contributed by atoms with Gasteiger partial charge >= 0.3 is 11.1 Å². The lowest BCUT2D eigenvalue weighted by molar-refractivity contribution is -0.121. The zero-order valence-corrected chi connectivity index (χ0v) is 15.0. The Kier molecular flexibility index (Phi) is 5.71. The van der Waals surface area contributed by atoms with Crippen molar-refractivity contribution in [2.75, 3.05) is 13.7 Å². The smallest absolute Gasteiger partial charge is 0.316 e. The molecule has 0 spiro atoms. The molecular formula is C20H21N3O4. The Morgan fingerprint density at radius 2 is 1.85 bits per heavy atom. The number of aryl methyl sites for hydroxylation is 1. The molecule has 3 aromatic rings. The van der Waals surface area contributed by atoms with Crippen LogP contribution in [0.5, 0.6) is 5.75 Å². The molecule has 7 nitrogen and oxygen atoms in total. The van der Waals surface area contributed by atoms with Crippen LogP contribution in [-0.4, -0.2) is 29.1 Å². The van der Waals surface area contributed by atoms with Crippen LogP contribution in [0, 0.1) is 0 Å². The summed E-state index contributed by atoms with van der Waals surface area (Å²) in [7, 11) is 1.61. The number of hydrogen-bond acceptors (Lipinski definition) is 4. The van der Waals surface area contributed by atoms with Crippen molar-refractivity contribution in [1.29, 1.82) is 0 Å². The second-order valence-corrected chi connectivity index (χ2v) is 6.13. The van der Waals surface area contributed by atoms with Crippen molar-refractivity contribution in [3.8, 4) is 5.75 Å². The average molecular weight is 367 g/mol. The summed E-state index contributed by atoms with van der Waals surface area (Å²) in [5.41, 5.74) is 0.978. The summed E-state index contributed by atoms with van der Waals surface area (Å²) in [6.45, 7) is 0.506. The van der Waals surface area contributed by atoms with Gasteiger partial charge in [0.05, 0.1) is 18.1 Å². The largest absolute Gasteiger partial charge is 0.497 e. The number of aromatic nitrogens is 2. The first-order valence-corrected chi connectivity index (χ1v) is 8.70. The lowest BCUT2D eigenvalue weighted by Crippen LogP contribution is -2.39. The molecule has 1 amide bonds. The van der Waals surface area contributed by atoms with Gasteiger partial charge in [-0.2, -0.15) is 0 Å². The molecule has 0 radical (unpaired) electrons. The molecule has 3 rings (SSSR count). The number of para-hydroxylation sites is 2. The second kappa shape index (κ2) is 8.35. The maximum atomic E-state index is 12.1. The van der Waals surface area contributed by atoms with Crippen LogP contribution in [0.25, 0.3) is 11.0 Å². The molecular weight excluding hydrogens is 346 g/mol. The SMILES string of the molecule is COc1ccc(CCC(=O)NCCn2c(=O)c(=O)[nH]c3ccccc32)cc1. The number of hydrogen-bond donors (Lipinski definition) is 2. The minimum absolute atomic E-state index is 0.104. The summed E-state index contributed by atoms with van der Waals surface area (Å²) < 4.78 is 6.49. The molecule has 2 aromatic carbocycles. The summed E-state index contributed by atoms with van der Waals surface area (Å²) in [4.78, 5) is 38.5. The first kappa shape index (κ1) is 18.4. The highest BCUT2D eigenvalue weighted by atomic mass is 16.5. The van der Waals surface area contributed by atoms with Crippen LogP contribution < -0.4 is 21.2 Å². The summed E-state index contributed by atoms with van der Waals surface area (Å²) in [5.74, 6) is 0.673. The van der Waals surface area contributed by atoms with Crippen molar-refractivity contribution in [3.05, 3.63) is 74.8 Å². The van der Waals surface area contributed by atoms with Gasteiger partial charge in [0.25, 0.3) is 0 Å². The average Bonchev–Trinajstić information content (AvgIpc) is 2.69. The van der Waals surface area contributed by atoms with Crippen molar-refractivity contribution in [2.45, 2.75) is 19.4 Å². The molecule has 140 valence electrons. The molecule has 0 saturated heterocycles. The topological polar surface area (TPSA) is 93.2 Å². The summed E-state index contributed by atoms with van der Waals surface area (Å²) >= 11 is 0. The Morgan fingerprint density at radius 1 is 1.11 bits per heavy atom. The van der Waals surface area contributed by atoms with Crippen LogP contribution in [0.1, 0.15) is 12.0 Å². The van der Waals surface area contributed by atoms with E-state index in [1.54, 1.807) is 31.4 Å². The monoisotopic (exact) mass is 367 g/mol. The van der Waals surface area contributed by atoms with Crippen LogP contribution in [0.3, 0.4) is 0 Å². The fraction of sp³-hybridized carbons (Fsp3) is 0.250. The third-order valence-electron chi connectivity index (χ3n) is 4.34. The number of carbonyl (C=O) groups is 1. The van der Waals surface area contributed by atoms with E-state index in [0.717, 1.165) is 11.3 Å². The third-order valence-corrected chi connectivity index (χ3v) is 4.34. The van der Waals surface area contributed by atoms with Gasteiger partial charge in [-0.05, 0) is 36.2 Å². The van der Waals surface area contributed by atoms with Gasteiger partial charge in [0.2, 0.25) is 5.91 Å². The van der Waals surface area contributed by atoms with Gasteiger partial charge in [0, 0.05) is 19.5 Å². The molecule has 0 aliphatic rings. The molecule has 27 heavy (non-hydrogen) atoms. The highest BCUT2D eigenvalue weighted by Gasteiger charge is 2.08. The maximum absolute atomic E-state index is 12.1. The van der Waals surface area contributed by atoms with Crippen LogP contribution in [0.15, 0.2) is 58.1 Å². The summed E-state index contributed by atoms with van der Waals surface area (Å²) in [5, 5.41) is 2.80. The Bertz CT molecular complexity index is 1050. The van der Waals surface area contributed by atoms with Gasteiger partial charge < -0.3 is 19.6 Å². The quantitative estimate of drug-likeness (QED) is 0.618. The number of amides is 1. The van der Waals surface area contributed by atoms with E-state index >= 15 is 0 Å². The van der Waals surface area contributed by atoms with E-state index in [2.05, 4.69) is 10.3 Å². The highest BCUT2D eigenvalue weighted by Crippen LogP contribution is 2.12. The van der Waals surface area contributed by atoms with Gasteiger partial charge in [-0.3, -0.25) is 14.4 Å². The molecule has 0 aliphatic carbocycles. The van der Waals surface area contributed by atoms with Gasteiger partial charge in [0.15, 0.2) is 0 Å². The number of fused-ring (bicyclic) bond motifs is 1. The number of carbonyl (C=O) groups excluding carboxylic acids is 1. The molecule has 0 unspecified atom stereocenters. The maximum Gasteiger partial charge on any atom is 0.316 e. The molecule has 0 atom stereocenters. The van der Waals surface area contributed by atoms with Crippen LogP contribution >= 0.6 is 0 Å². The van der Waals surface area contributed by atoms with E-state index in [0.29, 0.717) is 23.9 Å². The Balaban J connectivity index is 1.57. The van der Waals surface area contributed by atoms with E-state index < -0.39 is 11.1 Å². The number of H-pyrrole nitrogens is 1. The zero-order chi connectivity index (χ0) is 19.2. The first-order chi connectivity index (χ1) is 13.1. The van der Waals surface area contributed by atoms with E-state index in [-0.39, 0.29) is 19.0 Å². The van der Waals surface area contributed by atoms with Gasteiger partial charge in [-0.25, -0.2) is 0 Å². The zero-order valence-electron chi connectivity index (χ0n) is 15.0. The number of aromatic amines is 1. The minimum atomic E-state index is -0.667. The molecule has 1 aromatic heterocycles. The second-order valence-electron chi connectivity index (χ2n) is 6.13. The normalized spacial score (nSPS) is 10.7. The number of nitrogens with one attached hydrogen (secondary N) is 2. The fourth-order valence-electron chi connectivity index (χ4n) is 2.89. The van der Waals surface area contributed by atoms with Crippen molar-refractivity contribution < 1.29 is 9.53 Å². The minimum Gasteiger partial charge on any atom is -0.497 e. The fourth-order valence-corrected chi connectivity index (χ4v) is 2.89. The molecule has 7 heteroatoms. The van der Waals surface area contributed by atoms with Crippen LogP contribution in [0.2, 0.25) is 0 Å². The Morgan fingerprint density at radius 3 is 2.59 bits per heavy atom. The van der Waals surface area contributed by atoms with E-state index in [9.17, 15) is 14.4 Å². The highest BCUT2D eigenvalue weighted by molar-refractivity contribution is 5.76. The van der Waals surface area contributed by atoms with Crippen molar-refractivity contribution in [2.24, 2.45) is 0 Å². The van der Waals surface area contributed by atoms with Crippen LogP contribution in [-0.2, 0) is 17.8 Å². The lowest BCUT2D eigenvalue weighted by atomic mass is 10.1. The molecule has 0 saturated carbocycles. The molecule has 0 fully saturated rings. The summed E-state index contributed by atoms with van der Waals surface area (Å²) in [6.07, 6.45) is 0.959. The molecule has 1 heterocycles. The predicted molar refractivity (Wildman–Crippen MR) is 103 cm³/mol. The van der Waals surface area contributed by atoms with Crippen LogP contribution in [0.4, 0.5) is 0 Å². The van der Waals surface area contributed by atoms with E-state index in [1.807, 2.05) is 24.3 Å². The van der Waals surface area contributed by atoms with E-state index in [4.69, 9.17) is 4.74 Å². The summed E-state index contributed by atoms with van der Waals surface area (Å²) in [6, 6.07) is 14.6. The Labute approximate surface area is 155 Å². The molecule has 2 N–H and O–H groups in total. The number of methoxy groups -OCH3 is 1. The van der Waals surface area contributed by atoms with E-state index in [1.165, 1.54) is 4.57 Å². The van der Waals surface area contributed by atoms with Crippen molar-refractivity contribution in [1.82, 2.24) is 14.9 Å². The van der Waals surface area contributed by atoms with Crippen molar-refractivity contribution >= 4 is 16.9 Å². The Hall–Kier alpha value is -3.35. The number of benzene rings is 2. The van der Waals surface area contributed by atoms with Gasteiger partial charge in [0.1, 0.15) is 5.75 Å². The molecule has 0 bridgehead atoms. The van der Waals surface area contributed by atoms with Gasteiger partial charge in [-0.15, -0.1) is 0 Å². The predicted octanol–water partition coefficient (Wildman–Crippen LogP) is 1.45. The number of ether oxygens (including phenoxy) is 1. The first-order valence-electron chi connectivity index (χ1n) is 8.70. The third kappa shape index (κ3) is 4.44.